The summed E-state index contributed by atoms with van der Waals surface area (Å²) in [6, 6.07) is 9.06. The number of halogens is 1. The molecule has 0 spiro atoms. The zero-order valence-electron chi connectivity index (χ0n) is 13.4. The predicted octanol–water partition coefficient (Wildman–Crippen LogP) is 2.41. The quantitative estimate of drug-likeness (QED) is 0.578. The summed E-state index contributed by atoms with van der Waals surface area (Å²) in [5.74, 6) is -3.73. The van der Waals surface area contributed by atoms with Crippen molar-refractivity contribution >= 4 is 5.78 Å². The fraction of sp³-hybridized carbons (Fsp3) is 0.375. The lowest BCUT2D eigenvalue weighted by atomic mass is 10.1. The van der Waals surface area contributed by atoms with E-state index in [1.54, 1.807) is 0 Å². The van der Waals surface area contributed by atoms with Crippen molar-refractivity contribution in [2.45, 2.75) is 18.9 Å². The van der Waals surface area contributed by atoms with Crippen LogP contribution in [0.15, 0.2) is 36.7 Å². The summed E-state index contributed by atoms with van der Waals surface area (Å²) < 4.78 is 30.6. The van der Waals surface area contributed by atoms with Gasteiger partial charge in [0.15, 0.2) is 5.69 Å². The molecule has 0 aliphatic heterocycles. The van der Waals surface area contributed by atoms with Crippen molar-refractivity contribution in [2.75, 3.05) is 21.3 Å². The number of carbonyl (C=O) groups is 1. The van der Waals surface area contributed by atoms with Gasteiger partial charge in [-0.2, -0.15) is 4.39 Å². The Kier molecular flexibility index (Phi) is 5.25. The van der Waals surface area contributed by atoms with Gasteiger partial charge in [0.1, 0.15) is 0 Å². The summed E-state index contributed by atoms with van der Waals surface area (Å²) in [4.78, 5) is 16.3. The van der Waals surface area contributed by atoms with Gasteiger partial charge in [0.25, 0.3) is 5.78 Å². The van der Waals surface area contributed by atoms with E-state index in [1.807, 2.05) is 37.3 Å². The number of aromatic nitrogens is 2. The van der Waals surface area contributed by atoms with Crippen LogP contribution in [0, 0.1) is 5.95 Å². The topological polar surface area (TPSA) is 62.6 Å². The molecule has 0 saturated heterocycles. The van der Waals surface area contributed by atoms with Gasteiger partial charge in [-0.15, -0.1) is 0 Å². The molecule has 0 fully saturated rings. The van der Waals surface area contributed by atoms with Crippen molar-refractivity contribution < 1.29 is 23.4 Å². The number of Topliss-reactive ketones (excluding diaryl/α,β-unsaturated/α-hetero) is 1. The van der Waals surface area contributed by atoms with E-state index in [0.29, 0.717) is 0 Å². The van der Waals surface area contributed by atoms with Gasteiger partial charge in [-0.1, -0.05) is 30.3 Å². The van der Waals surface area contributed by atoms with Crippen LogP contribution < -0.4 is 0 Å². The van der Waals surface area contributed by atoms with Gasteiger partial charge in [0.2, 0.25) is 5.95 Å². The van der Waals surface area contributed by atoms with Crippen LogP contribution in [0.3, 0.4) is 0 Å². The van der Waals surface area contributed by atoms with Gasteiger partial charge in [-0.05, 0) is 12.5 Å². The summed E-state index contributed by atoms with van der Waals surface area (Å²) in [6.45, 7) is 1.83. The highest BCUT2D eigenvalue weighted by molar-refractivity contribution is 5.99. The molecule has 0 saturated carbocycles. The molecule has 0 unspecified atom stereocenters. The normalized spacial score (nSPS) is 13.1. The average Bonchev–Trinajstić information content (AvgIpc) is 2.98. The first kappa shape index (κ1) is 17.3. The van der Waals surface area contributed by atoms with E-state index in [0.717, 1.165) is 5.56 Å². The molecule has 0 aliphatic rings. The van der Waals surface area contributed by atoms with Gasteiger partial charge in [-0.25, -0.2) is 4.98 Å². The van der Waals surface area contributed by atoms with Crippen molar-refractivity contribution in [3.05, 3.63) is 53.9 Å². The van der Waals surface area contributed by atoms with E-state index in [4.69, 9.17) is 14.2 Å². The SMILES string of the molecule is COC(OC)(OC)C(=O)c1c(F)ncn1[C@H](C)c1ccccc1. The number of nitrogens with zero attached hydrogens (tertiary/aromatic N) is 2. The Balaban J connectivity index is 2.49. The lowest BCUT2D eigenvalue weighted by molar-refractivity contribution is -0.312. The second kappa shape index (κ2) is 6.99. The van der Waals surface area contributed by atoms with Gasteiger partial charge < -0.3 is 18.8 Å². The van der Waals surface area contributed by atoms with Crippen LogP contribution >= 0.6 is 0 Å². The van der Waals surface area contributed by atoms with E-state index in [1.165, 1.54) is 32.2 Å². The first-order valence-electron chi connectivity index (χ1n) is 6.98. The predicted molar refractivity (Wildman–Crippen MR) is 80.5 cm³/mol. The van der Waals surface area contributed by atoms with E-state index < -0.39 is 17.7 Å². The molecule has 23 heavy (non-hydrogen) atoms. The summed E-state index contributed by atoms with van der Waals surface area (Å²) in [7, 11) is 3.72. The summed E-state index contributed by atoms with van der Waals surface area (Å²) in [5, 5.41) is 0. The molecule has 1 heterocycles. The molecule has 6 nitrogen and oxygen atoms in total. The smallest absolute Gasteiger partial charge is 0.324 e. The Morgan fingerprint density at radius 3 is 2.26 bits per heavy atom. The number of ketones is 1. The highest BCUT2D eigenvalue weighted by Gasteiger charge is 2.44. The van der Waals surface area contributed by atoms with E-state index in [-0.39, 0.29) is 11.7 Å². The Morgan fingerprint density at radius 1 is 1.17 bits per heavy atom. The fourth-order valence-electron chi connectivity index (χ4n) is 2.41. The maximum absolute atomic E-state index is 14.2. The molecule has 0 radical (unpaired) electrons. The van der Waals surface area contributed by atoms with E-state index >= 15 is 0 Å². The van der Waals surface area contributed by atoms with E-state index in [2.05, 4.69) is 4.98 Å². The maximum Gasteiger partial charge on any atom is 0.352 e. The molecule has 0 bridgehead atoms. The lowest BCUT2D eigenvalue weighted by Gasteiger charge is -2.27. The van der Waals surface area contributed by atoms with Crippen LogP contribution in [0.1, 0.15) is 29.0 Å². The van der Waals surface area contributed by atoms with Crippen LogP contribution in [0.2, 0.25) is 0 Å². The molecule has 2 rings (SSSR count). The minimum absolute atomic E-state index is 0.271. The largest absolute Gasteiger partial charge is 0.352 e. The molecular formula is C16H19FN2O4. The number of rotatable bonds is 7. The second-order valence-corrected chi connectivity index (χ2v) is 4.88. The average molecular weight is 322 g/mol. The van der Waals surface area contributed by atoms with Crippen molar-refractivity contribution in [1.82, 2.24) is 9.55 Å². The standard InChI is InChI=1S/C16H19FN2O4/c1-11(12-8-6-5-7-9-12)19-10-18-15(17)13(19)14(20)16(21-2,22-3)23-4/h5-11H,1-4H3/t11-/m1/s1. The fourth-order valence-corrected chi connectivity index (χ4v) is 2.41. The zero-order valence-corrected chi connectivity index (χ0v) is 13.4. The number of imidazole rings is 1. The van der Waals surface area contributed by atoms with Crippen LogP contribution in [0.5, 0.6) is 0 Å². The number of hydrogen-bond acceptors (Lipinski definition) is 5. The number of hydrogen-bond donors (Lipinski definition) is 0. The first-order chi connectivity index (χ1) is 11.0. The Labute approximate surface area is 133 Å². The number of carbonyl (C=O) groups excluding carboxylic acids is 1. The van der Waals surface area contributed by atoms with Crippen LogP contribution in [-0.2, 0) is 14.2 Å². The molecule has 1 atom stereocenters. The molecule has 1 aromatic carbocycles. The van der Waals surface area contributed by atoms with Gasteiger partial charge >= 0.3 is 5.97 Å². The number of benzene rings is 1. The highest BCUT2D eigenvalue weighted by atomic mass is 19.1. The van der Waals surface area contributed by atoms with Crippen molar-refractivity contribution in [3.63, 3.8) is 0 Å². The first-order valence-corrected chi connectivity index (χ1v) is 6.98. The molecule has 7 heteroatoms. The summed E-state index contributed by atoms with van der Waals surface area (Å²) in [6.07, 6.45) is 1.27. The third-order valence-corrected chi connectivity index (χ3v) is 3.75. The minimum Gasteiger partial charge on any atom is -0.324 e. The Bertz CT molecular complexity index is 660. The van der Waals surface area contributed by atoms with E-state index in [9.17, 15) is 9.18 Å². The van der Waals surface area contributed by atoms with Gasteiger partial charge in [0.05, 0.1) is 12.4 Å². The molecule has 0 amide bonds. The minimum atomic E-state index is -2.02. The zero-order chi connectivity index (χ0) is 17.0. The summed E-state index contributed by atoms with van der Waals surface area (Å²) in [5.41, 5.74) is 0.628. The molecule has 124 valence electrons. The third-order valence-electron chi connectivity index (χ3n) is 3.75. The van der Waals surface area contributed by atoms with Gasteiger partial charge in [0, 0.05) is 21.3 Å². The van der Waals surface area contributed by atoms with Crippen molar-refractivity contribution in [3.8, 4) is 0 Å². The van der Waals surface area contributed by atoms with Gasteiger partial charge in [-0.3, -0.25) is 4.79 Å². The lowest BCUT2D eigenvalue weighted by Crippen LogP contribution is -2.46. The van der Waals surface area contributed by atoms with Crippen molar-refractivity contribution in [1.29, 1.82) is 0 Å². The molecule has 2 aromatic rings. The molecule has 0 N–H and O–H groups in total. The molecular weight excluding hydrogens is 303 g/mol. The monoisotopic (exact) mass is 322 g/mol. The Hall–Kier alpha value is -2.09. The van der Waals surface area contributed by atoms with Crippen LogP contribution in [0.25, 0.3) is 0 Å². The maximum atomic E-state index is 14.2. The molecule has 0 aliphatic carbocycles. The second-order valence-electron chi connectivity index (χ2n) is 4.88. The third kappa shape index (κ3) is 3.03. The number of ether oxygens (including phenoxy) is 3. The van der Waals surface area contributed by atoms with Crippen molar-refractivity contribution in [2.24, 2.45) is 0 Å². The van der Waals surface area contributed by atoms with Crippen LogP contribution in [-0.4, -0.2) is 42.6 Å². The number of methoxy groups -OCH3 is 3. The summed E-state index contributed by atoms with van der Waals surface area (Å²) >= 11 is 0. The van der Waals surface area contributed by atoms with Crippen LogP contribution in [0.4, 0.5) is 4.39 Å². The molecule has 1 aromatic heterocycles. The Morgan fingerprint density at radius 2 is 1.74 bits per heavy atom. The highest BCUT2D eigenvalue weighted by Crippen LogP contribution is 2.26.